The number of hydrogen-bond acceptors (Lipinski definition) is 18. The molecule has 3 aliphatic heterocycles. The van der Waals surface area contributed by atoms with Gasteiger partial charge in [-0.3, -0.25) is 4.79 Å². The van der Waals surface area contributed by atoms with E-state index in [0.717, 1.165) is 44.9 Å². The predicted octanol–water partition coefficient (Wildman–Crippen LogP) is 13.4. The van der Waals surface area contributed by atoms with Crippen molar-refractivity contribution in [3.63, 3.8) is 0 Å². The molecule has 0 aromatic carbocycles. The molecule has 0 aromatic heterocycles. The Bertz CT molecular complexity index is 1760. The molecule has 0 radical (unpaired) electrons. The molecule has 3 fully saturated rings. The summed E-state index contributed by atoms with van der Waals surface area (Å²) in [5.41, 5.74) is 0. The minimum Gasteiger partial charge on any atom is -0.394 e. The quantitative estimate of drug-likeness (QED) is 0.0252. The molecular formula is C78H151NO18. The van der Waals surface area contributed by atoms with Crippen LogP contribution in [0.25, 0.3) is 0 Å². The number of hydrogen-bond donors (Lipinski definition) is 12. The van der Waals surface area contributed by atoms with Crippen LogP contribution in [0, 0.1) is 0 Å². The van der Waals surface area contributed by atoms with Crippen LogP contribution in [0.5, 0.6) is 0 Å². The largest absolute Gasteiger partial charge is 0.394 e. The number of rotatable bonds is 66. The highest BCUT2D eigenvalue weighted by atomic mass is 16.8. The summed E-state index contributed by atoms with van der Waals surface area (Å²) in [6.45, 7) is 1.88. The van der Waals surface area contributed by atoms with Crippen molar-refractivity contribution in [3.8, 4) is 0 Å². The fourth-order valence-electron chi connectivity index (χ4n) is 14.4. The summed E-state index contributed by atoms with van der Waals surface area (Å²) < 4.78 is 34.5. The number of aliphatic hydroxyl groups excluding tert-OH is 11. The molecule has 0 spiro atoms. The van der Waals surface area contributed by atoms with Gasteiger partial charge in [0.2, 0.25) is 5.91 Å². The van der Waals surface area contributed by atoms with E-state index in [1.165, 1.54) is 283 Å². The number of ether oxygens (including phenoxy) is 6. The van der Waals surface area contributed by atoms with Crippen molar-refractivity contribution in [1.82, 2.24) is 5.32 Å². The van der Waals surface area contributed by atoms with Gasteiger partial charge in [-0.2, -0.15) is 0 Å². The predicted molar refractivity (Wildman–Crippen MR) is 384 cm³/mol. The van der Waals surface area contributed by atoms with Gasteiger partial charge in [-0.25, -0.2) is 0 Å². The molecule has 3 saturated heterocycles. The van der Waals surface area contributed by atoms with Crippen LogP contribution in [-0.2, 0) is 33.2 Å². The molecule has 0 saturated carbocycles. The third-order valence-corrected chi connectivity index (χ3v) is 20.9. The van der Waals surface area contributed by atoms with Crippen LogP contribution >= 0.6 is 0 Å². The number of carbonyl (C=O) groups excluding carboxylic acids is 1. The lowest BCUT2D eigenvalue weighted by molar-refractivity contribution is -0.379. The molecule has 19 nitrogen and oxygen atoms in total. The molecule has 19 heteroatoms. The minimum absolute atomic E-state index is 0.232. The molecule has 0 aliphatic carbocycles. The monoisotopic (exact) mass is 1390 g/mol. The van der Waals surface area contributed by atoms with Crippen molar-refractivity contribution in [2.75, 3.05) is 26.4 Å². The first-order valence-corrected chi connectivity index (χ1v) is 40.8. The highest BCUT2D eigenvalue weighted by Gasteiger charge is 2.54. The first kappa shape index (κ1) is 90.0. The van der Waals surface area contributed by atoms with Crippen molar-refractivity contribution in [3.05, 3.63) is 0 Å². The summed E-state index contributed by atoms with van der Waals surface area (Å²) >= 11 is 0. The molecule has 3 aliphatic rings. The first-order chi connectivity index (χ1) is 47.3. The average molecular weight is 1390 g/mol. The van der Waals surface area contributed by atoms with Crippen LogP contribution in [-0.4, -0.2) is 193 Å². The van der Waals surface area contributed by atoms with Gasteiger partial charge in [-0.15, -0.1) is 0 Å². The summed E-state index contributed by atoms with van der Waals surface area (Å²) in [6.07, 6.45) is 41.9. The SMILES string of the molecule is CCCCCCCCCCCCCCCCCCCCCCCCCCCCCC(=O)NC(COC1OC(CO)C(OC2OC(CO)C(OC3OC(CO)C(O)C(O)C3O)C(O)C2O)C(O)C1O)C(O)CCCCCCCCCCCCCCCCCCCCCCCCCCC. The lowest BCUT2D eigenvalue weighted by Crippen LogP contribution is -2.66. The van der Waals surface area contributed by atoms with E-state index in [-0.39, 0.29) is 18.9 Å². The van der Waals surface area contributed by atoms with Gasteiger partial charge in [0.05, 0.1) is 38.6 Å². The number of carbonyl (C=O) groups is 1. The van der Waals surface area contributed by atoms with Gasteiger partial charge in [0.15, 0.2) is 18.9 Å². The molecular weight excluding hydrogens is 1240 g/mol. The van der Waals surface area contributed by atoms with Crippen LogP contribution in [0.2, 0.25) is 0 Å². The first-order valence-electron chi connectivity index (χ1n) is 40.8. The Kier molecular flexibility index (Phi) is 55.8. The highest BCUT2D eigenvalue weighted by molar-refractivity contribution is 5.76. The topological polar surface area (TPSA) is 307 Å². The van der Waals surface area contributed by atoms with E-state index >= 15 is 0 Å². The van der Waals surface area contributed by atoms with E-state index in [1.807, 2.05) is 0 Å². The normalized spacial score (nSPS) is 26.8. The third-order valence-electron chi connectivity index (χ3n) is 20.9. The zero-order chi connectivity index (χ0) is 70.4. The third kappa shape index (κ3) is 40.6. The lowest BCUT2D eigenvalue weighted by atomic mass is 9.96. The maximum Gasteiger partial charge on any atom is 0.220 e. The Morgan fingerprint density at radius 3 is 0.897 bits per heavy atom. The Morgan fingerprint density at radius 1 is 0.330 bits per heavy atom. The van der Waals surface area contributed by atoms with Crippen molar-refractivity contribution in [2.45, 2.75) is 465 Å². The van der Waals surface area contributed by atoms with E-state index in [9.17, 15) is 61.0 Å². The van der Waals surface area contributed by atoms with Gasteiger partial charge in [0.1, 0.15) is 73.2 Å². The van der Waals surface area contributed by atoms with Crippen LogP contribution in [0.4, 0.5) is 0 Å². The highest BCUT2D eigenvalue weighted by Crippen LogP contribution is 2.33. The number of nitrogens with one attached hydrogen (secondary N) is 1. The van der Waals surface area contributed by atoms with E-state index in [4.69, 9.17) is 28.4 Å². The molecule has 12 N–H and O–H groups in total. The molecule has 17 atom stereocenters. The summed E-state index contributed by atoms with van der Waals surface area (Å²) in [6, 6.07) is -0.883. The van der Waals surface area contributed by atoms with Gasteiger partial charge in [0.25, 0.3) is 0 Å². The molecule has 17 unspecified atom stereocenters. The number of unbranched alkanes of at least 4 members (excludes halogenated alkanes) is 50. The summed E-state index contributed by atoms with van der Waals surface area (Å²) in [4.78, 5) is 13.5. The molecule has 0 bridgehead atoms. The van der Waals surface area contributed by atoms with E-state index in [1.54, 1.807) is 0 Å². The molecule has 97 heavy (non-hydrogen) atoms. The zero-order valence-electron chi connectivity index (χ0n) is 61.6. The summed E-state index contributed by atoms with van der Waals surface area (Å²) in [5, 5.41) is 121. The van der Waals surface area contributed by atoms with Gasteiger partial charge >= 0.3 is 0 Å². The molecule has 3 heterocycles. The fraction of sp³-hybridized carbons (Fsp3) is 0.987. The van der Waals surface area contributed by atoms with E-state index in [2.05, 4.69) is 19.2 Å². The molecule has 3 rings (SSSR count). The minimum atomic E-state index is -1.97. The average Bonchev–Trinajstić information content (AvgIpc) is 0.790. The van der Waals surface area contributed by atoms with Crippen LogP contribution < -0.4 is 5.32 Å². The number of amides is 1. The lowest BCUT2D eigenvalue weighted by Gasteiger charge is -2.48. The van der Waals surface area contributed by atoms with Gasteiger partial charge in [0, 0.05) is 6.42 Å². The van der Waals surface area contributed by atoms with E-state index in [0.29, 0.717) is 12.8 Å². The van der Waals surface area contributed by atoms with Crippen LogP contribution in [0.1, 0.15) is 361 Å². The maximum atomic E-state index is 13.5. The Hall–Kier alpha value is -1.21. The zero-order valence-corrected chi connectivity index (χ0v) is 61.6. The van der Waals surface area contributed by atoms with Gasteiger partial charge in [-0.05, 0) is 12.8 Å². The summed E-state index contributed by atoms with van der Waals surface area (Å²) in [5.74, 6) is -0.232. The van der Waals surface area contributed by atoms with Crippen LogP contribution in [0.15, 0.2) is 0 Å². The second-order valence-corrected chi connectivity index (χ2v) is 29.6. The Labute approximate surface area is 589 Å². The number of aliphatic hydroxyl groups is 11. The van der Waals surface area contributed by atoms with Crippen molar-refractivity contribution in [2.24, 2.45) is 0 Å². The maximum absolute atomic E-state index is 13.5. The van der Waals surface area contributed by atoms with Crippen molar-refractivity contribution < 1.29 is 89.4 Å². The van der Waals surface area contributed by atoms with Gasteiger partial charge in [-0.1, -0.05) is 341 Å². The second-order valence-electron chi connectivity index (χ2n) is 29.6. The van der Waals surface area contributed by atoms with Crippen molar-refractivity contribution in [1.29, 1.82) is 0 Å². The van der Waals surface area contributed by atoms with E-state index < -0.39 is 124 Å². The molecule has 576 valence electrons. The van der Waals surface area contributed by atoms with Gasteiger partial charge < -0.3 is 89.9 Å². The fourth-order valence-corrected chi connectivity index (χ4v) is 14.4. The smallest absolute Gasteiger partial charge is 0.220 e. The molecule has 0 aromatic rings. The second kappa shape index (κ2) is 60.1. The van der Waals surface area contributed by atoms with Crippen LogP contribution in [0.3, 0.4) is 0 Å². The Morgan fingerprint density at radius 2 is 0.588 bits per heavy atom. The summed E-state index contributed by atoms with van der Waals surface area (Å²) in [7, 11) is 0. The van der Waals surface area contributed by atoms with Crippen molar-refractivity contribution >= 4 is 5.91 Å². The Balaban J connectivity index is 1.36. The molecule has 1 amide bonds. The standard InChI is InChI=1S/C78H151NO18/c1-3-5-7-9-11-13-15-17-19-21-23-25-27-29-30-32-34-36-38-40-42-44-46-48-50-52-54-56-66(84)79-61(62(83)55-53-51-49-47-45-43-41-39-37-35-33-31-28-26-24-22-20-18-16-14-12-10-8-6-4-2)60-92-76-72(90)69(87)74(64(58-81)94-76)97-78-73(91)70(88)75(65(59-82)95-78)96-77-71(89)68(86)67(85)63(57-80)93-77/h61-65,67-78,80-83,85-91H,3-60H2,1-2H3,(H,79,84).